The van der Waals surface area contributed by atoms with Crippen LogP contribution >= 0.6 is 0 Å². The van der Waals surface area contributed by atoms with E-state index in [2.05, 4.69) is 44.3 Å². The lowest BCUT2D eigenvalue weighted by atomic mass is 9.93. The van der Waals surface area contributed by atoms with Crippen molar-refractivity contribution in [1.82, 2.24) is 5.32 Å². The Balaban J connectivity index is 2.15. The van der Waals surface area contributed by atoms with Gasteiger partial charge in [0.1, 0.15) is 0 Å². The van der Waals surface area contributed by atoms with E-state index in [-0.39, 0.29) is 11.4 Å². The van der Waals surface area contributed by atoms with E-state index in [4.69, 9.17) is 0 Å². The molecule has 2 aromatic carbocycles. The van der Waals surface area contributed by atoms with Crippen molar-refractivity contribution >= 4 is 5.91 Å². The first kappa shape index (κ1) is 16.3. The molecule has 0 fully saturated rings. The van der Waals surface area contributed by atoms with E-state index in [1.165, 1.54) is 11.1 Å². The Morgan fingerprint density at radius 1 is 0.955 bits per heavy atom. The SMILES string of the molecule is Cc1cc(C)c(C(=O)NC(C)(C)Cc2ccccc2)cc1C. The Kier molecular flexibility index (Phi) is 4.70. The van der Waals surface area contributed by atoms with Gasteiger partial charge in [-0.3, -0.25) is 4.79 Å². The highest BCUT2D eigenvalue weighted by Crippen LogP contribution is 2.18. The van der Waals surface area contributed by atoms with E-state index >= 15 is 0 Å². The standard InChI is InChI=1S/C20H25NO/c1-14-11-16(3)18(12-15(14)2)19(22)21-20(4,5)13-17-9-7-6-8-10-17/h6-12H,13H2,1-5H3,(H,21,22). The molecule has 2 nitrogen and oxygen atoms in total. The molecule has 0 aliphatic heterocycles. The summed E-state index contributed by atoms with van der Waals surface area (Å²) in [6.07, 6.45) is 0.809. The zero-order valence-corrected chi connectivity index (χ0v) is 14.2. The van der Waals surface area contributed by atoms with Crippen LogP contribution in [0.15, 0.2) is 42.5 Å². The molecule has 0 unspecified atom stereocenters. The first-order valence-corrected chi connectivity index (χ1v) is 7.73. The summed E-state index contributed by atoms with van der Waals surface area (Å²) in [5, 5.41) is 3.17. The Hall–Kier alpha value is -2.09. The van der Waals surface area contributed by atoms with Gasteiger partial charge in [-0.05, 0) is 69.4 Å². The van der Waals surface area contributed by atoms with Crippen LogP contribution in [0.2, 0.25) is 0 Å². The highest BCUT2D eigenvalue weighted by Gasteiger charge is 2.22. The minimum atomic E-state index is -0.288. The van der Waals surface area contributed by atoms with E-state index in [1.54, 1.807) is 0 Å². The zero-order chi connectivity index (χ0) is 16.3. The molecule has 116 valence electrons. The van der Waals surface area contributed by atoms with Gasteiger partial charge in [-0.2, -0.15) is 0 Å². The van der Waals surface area contributed by atoms with Crippen LogP contribution in [0.4, 0.5) is 0 Å². The summed E-state index contributed by atoms with van der Waals surface area (Å²) in [6.45, 7) is 10.2. The molecule has 1 amide bonds. The fraction of sp³-hybridized carbons (Fsp3) is 0.350. The summed E-state index contributed by atoms with van der Waals surface area (Å²) in [5.41, 5.74) is 5.10. The average molecular weight is 295 g/mol. The van der Waals surface area contributed by atoms with Gasteiger partial charge in [-0.1, -0.05) is 36.4 Å². The molecule has 2 aromatic rings. The van der Waals surface area contributed by atoms with Gasteiger partial charge in [0.15, 0.2) is 0 Å². The second-order valence-corrected chi connectivity index (χ2v) is 6.75. The van der Waals surface area contributed by atoms with Gasteiger partial charge in [0, 0.05) is 11.1 Å². The van der Waals surface area contributed by atoms with Gasteiger partial charge in [0.25, 0.3) is 5.91 Å². The molecule has 2 rings (SSSR count). The number of hydrogen-bond acceptors (Lipinski definition) is 1. The van der Waals surface area contributed by atoms with Crippen molar-refractivity contribution in [2.45, 2.75) is 46.6 Å². The molecule has 1 N–H and O–H groups in total. The number of benzene rings is 2. The van der Waals surface area contributed by atoms with Gasteiger partial charge in [-0.25, -0.2) is 0 Å². The molecule has 0 saturated carbocycles. The molecular weight excluding hydrogens is 270 g/mol. The molecule has 0 aliphatic rings. The van der Waals surface area contributed by atoms with E-state index < -0.39 is 0 Å². The second-order valence-electron chi connectivity index (χ2n) is 6.75. The lowest BCUT2D eigenvalue weighted by molar-refractivity contribution is 0.0912. The highest BCUT2D eigenvalue weighted by atomic mass is 16.1. The molecular formula is C20H25NO. The third kappa shape index (κ3) is 3.97. The number of rotatable bonds is 4. The average Bonchev–Trinajstić information content (AvgIpc) is 2.42. The smallest absolute Gasteiger partial charge is 0.251 e. The van der Waals surface area contributed by atoms with Crippen LogP contribution in [0.25, 0.3) is 0 Å². The van der Waals surface area contributed by atoms with Crippen LogP contribution in [0.1, 0.15) is 46.5 Å². The summed E-state index contributed by atoms with van der Waals surface area (Å²) >= 11 is 0. The quantitative estimate of drug-likeness (QED) is 0.892. The van der Waals surface area contributed by atoms with Crippen molar-refractivity contribution in [3.63, 3.8) is 0 Å². The summed E-state index contributed by atoms with van der Waals surface area (Å²) in [5.74, 6) is 0.00142. The summed E-state index contributed by atoms with van der Waals surface area (Å²) in [7, 11) is 0. The third-order valence-electron chi connectivity index (χ3n) is 4.03. The normalized spacial score (nSPS) is 11.3. The topological polar surface area (TPSA) is 29.1 Å². The van der Waals surface area contributed by atoms with Gasteiger partial charge >= 0.3 is 0 Å². The Bertz CT molecular complexity index is 672. The molecule has 0 bridgehead atoms. The van der Waals surface area contributed by atoms with E-state index in [0.717, 1.165) is 23.1 Å². The van der Waals surface area contributed by atoms with Crippen LogP contribution in [0, 0.1) is 20.8 Å². The van der Waals surface area contributed by atoms with E-state index in [9.17, 15) is 4.79 Å². The minimum Gasteiger partial charge on any atom is -0.347 e. The first-order valence-electron chi connectivity index (χ1n) is 7.73. The zero-order valence-electron chi connectivity index (χ0n) is 14.2. The van der Waals surface area contributed by atoms with Crippen molar-refractivity contribution in [2.75, 3.05) is 0 Å². The lowest BCUT2D eigenvalue weighted by Crippen LogP contribution is -2.45. The Morgan fingerprint density at radius 3 is 2.18 bits per heavy atom. The number of amides is 1. The molecule has 0 radical (unpaired) electrons. The lowest BCUT2D eigenvalue weighted by Gasteiger charge is -2.27. The molecule has 0 aliphatic carbocycles. The van der Waals surface area contributed by atoms with Crippen molar-refractivity contribution in [1.29, 1.82) is 0 Å². The van der Waals surface area contributed by atoms with Gasteiger partial charge in [-0.15, -0.1) is 0 Å². The third-order valence-corrected chi connectivity index (χ3v) is 4.03. The van der Waals surface area contributed by atoms with Crippen LogP contribution in [-0.2, 0) is 6.42 Å². The molecule has 2 heteroatoms. The van der Waals surface area contributed by atoms with Crippen molar-refractivity contribution in [2.24, 2.45) is 0 Å². The first-order chi connectivity index (χ1) is 10.3. The van der Waals surface area contributed by atoms with Crippen molar-refractivity contribution in [3.05, 3.63) is 70.3 Å². The number of carbonyl (C=O) groups excluding carboxylic acids is 1. The number of aryl methyl sites for hydroxylation is 3. The van der Waals surface area contributed by atoms with Crippen molar-refractivity contribution < 1.29 is 4.79 Å². The summed E-state index contributed by atoms with van der Waals surface area (Å²) < 4.78 is 0. The molecule has 0 saturated heterocycles. The largest absolute Gasteiger partial charge is 0.347 e. The van der Waals surface area contributed by atoms with Gasteiger partial charge < -0.3 is 5.32 Å². The minimum absolute atomic E-state index is 0.00142. The van der Waals surface area contributed by atoms with Crippen LogP contribution in [-0.4, -0.2) is 11.4 Å². The molecule has 0 spiro atoms. The maximum Gasteiger partial charge on any atom is 0.251 e. The molecule has 0 heterocycles. The number of nitrogens with one attached hydrogen (secondary N) is 1. The van der Waals surface area contributed by atoms with E-state index in [1.807, 2.05) is 38.1 Å². The fourth-order valence-electron chi connectivity index (χ4n) is 2.73. The maximum atomic E-state index is 12.6. The van der Waals surface area contributed by atoms with E-state index in [0.29, 0.717) is 0 Å². The van der Waals surface area contributed by atoms with Gasteiger partial charge in [0.2, 0.25) is 0 Å². The Morgan fingerprint density at radius 2 is 1.55 bits per heavy atom. The number of carbonyl (C=O) groups is 1. The monoisotopic (exact) mass is 295 g/mol. The summed E-state index contributed by atoms with van der Waals surface area (Å²) in [4.78, 5) is 12.6. The molecule has 22 heavy (non-hydrogen) atoms. The molecule has 0 atom stereocenters. The van der Waals surface area contributed by atoms with Crippen LogP contribution in [0.5, 0.6) is 0 Å². The predicted octanol–water partition coefficient (Wildman–Crippen LogP) is 4.36. The molecule has 0 aromatic heterocycles. The second kappa shape index (κ2) is 6.35. The van der Waals surface area contributed by atoms with Crippen LogP contribution < -0.4 is 5.32 Å². The van der Waals surface area contributed by atoms with Crippen molar-refractivity contribution in [3.8, 4) is 0 Å². The summed E-state index contributed by atoms with van der Waals surface area (Å²) in [6, 6.07) is 14.3. The van der Waals surface area contributed by atoms with Crippen LogP contribution in [0.3, 0.4) is 0 Å². The fourth-order valence-corrected chi connectivity index (χ4v) is 2.73. The highest BCUT2D eigenvalue weighted by molar-refractivity contribution is 5.96. The Labute approximate surface area is 133 Å². The maximum absolute atomic E-state index is 12.6. The van der Waals surface area contributed by atoms with Gasteiger partial charge in [0.05, 0.1) is 0 Å². The number of hydrogen-bond donors (Lipinski definition) is 1. The predicted molar refractivity (Wildman–Crippen MR) is 92.3 cm³/mol.